The zero-order valence-corrected chi connectivity index (χ0v) is 82.8. The van der Waals surface area contributed by atoms with Crippen molar-refractivity contribution in [3.63, 3.8) is 0 Å². The van der Waals surface area contributed by atoms with Crippen molar-refractivity contribution in [2.24, 2.45) is 42.5 Å². The zero-order chi connectivity index (χ0) is 102. The van der Waals surface area contributed by atoms with Gasteiger partial charge in [0.25, 0.3) is 0 Å². The number of aliphatic hydroxyl groups is 3. The van der Waals surface area contributed by atoms with E-state index in [2.05, 4.69) is 203 Å². The van der Waals surface area contributed by atoms with Crippen molar-refractivity contribution < 1.29 is 110 Å². The number of carbonyl (C=O) groups is 5. The Kier molecular flexibility index (Phi) is 37.3. The first-order valence-electron chi connectivity index (χ1n) is 41.3. The number of β-amino-alcohol motifs (C(OH)–C–C–N with tert-alkyl or cyclic N) is 3. The van der Waals surface area contributed by atoms with Crippen LogP contribution in [0.1, 0.15) is 42.3 Å². The molecule has 10 heterocycles. The second-order valence-corrected chi connectivity index (χ2v) is 36.4. The normalized spacial score (nSPS) is 15.3. The first-order valence-corrected chi connectivity index (χ1v) is 45.3. The number of rotatable bonds is 26. The summed E-state index contributed by atoms with van der Waals surface area (Å²) in [6.07, 6.45) is 0. The lowest BCUT2D eigenvalue weighted by molar-refractivity contribution is -0.0689. The summed E-state index contributed by atoms with van der Waals surface area (Å²) in [4.78, 5) is 89.5. The monoisotopic (exact) mass is 2300 g/mol. The van der Waals surface area contributed by atoms with Gasteiger partial charge in [0.05, 0.1) is 90.1 Å². The molecule has 0 bridgehead atoms. The number of halogens is 10. The van der Waals surface area contributed by atoms with E-state index in [1.165, 1.54) is 123 Å². The molecule has 5 aromatic carbocycles. The smallest absolute Gasteiger partial charge is 0.319 e. The third-order valence-electron chi connectivity index (χ3n) is 20.3. The van der Waals surface area contributed by atoms with E-state index in [0.717, 1.165) is 0 Å². The lowest BCUT2D eigenvalue weighted by atomic mass is 9.94. The molecule has 5 aromatic heterocycles. The maximum atomic E-state index is 13.4. The number of carbonyl (C=O) groups excluding carboxylic acids is 5. The fourth-order valence-electron chi connectivity index (χ4n) is 13.1. The van der Waals surface area contributed by atoms with E-state index in [1.54, 1.807) is 38.0 Å². The minimum absolute atomic E-state index is 0.0136. The molecule has 0 spiro atoms. The van der Waals surface area contributed by atoms with Crippen LogP contribution in [0.4, 0.5) is 103 Å². The molecule has 0 radical (unpaired) electrons. The minimum atomic E-state index is -1.18. The molecule has 141 heavy (non-hydrogen) atoms. The number of aromatic nitrogens is 10. The fourth-order valence-corrected chi connectivity index (χ4v) is 15.0. The molecule has 0 atom stereocenters. The van der Waals surface area contributed by atoms with Gasteiger partial charge in [-0.2, -0.15) is 0 Å². The second kappa shape index (κ2) is 48.9. The summed E-state index contributed by atoms with van der Waals surface area (Å²) in [5.41, 5.74) is 13.5. The Morgan fingerprint density at radius 3 is 0.887 bits per heavy atom. The van der Waals surface area contributed by atoms with Crippen LogP contribution < -0.4 is 70.4 Å². The number of amidine groups is 5. The fraction of sp³-hybridized carbons (Fsp3) is 0.359. The number of hydrogen-bond acceptors (Lipinski definition) is 38. The molecule has 0 saturated carbocycles. The van der Waals surface area contributed by atoms with Crippen LogP contribution in [-0.2, 0) is 0 Å². The van der Waals surface area contributed by atoms with Gasteiger partial charge in [-0.15, -0.1) is 0 Å². The first kappa shape index (κ1) is 108. The molecule has 5 saturated heterocycles. The summed E-state index contributed by atoms with van der Waals surface area (Å²) in [6.45, 7) is 8.28. The number of nitrogens with zero attached hydrogens (tertiary/aromatic N) is 22. The van der Waals surface area contributed by atoms with Gasteiger partial charge in [0.15, 0.2) is 57.6 Å². The number of nitrogens with one attached hydrogen (secondary N) is 12. The molecule has 5 fully saturated rings. The maximum absolute atomic E-state index is 13.4. The van der Waals surface area contributed by atoms with Crippen LogP contribution in [0, 0.1) is 40.9 Å². The Morgan fingerprint density at radius 1 is 0.397 bits per heavy atom. The minimum Gasteiger partial charge on any atom is -0.384 e. The Balaban J connectivity index is 0.000000168. The quantitative estimate of drug-likeness (QED) is 0.0111. The molecule has 10 aromatic rings. The highest BCUT2D eigenvalue weighted by Crippen LogP contribution is 2.33. The highest BCUT2D eigenvalue weighted by molar-refractivity contribution is 9.11. The number of aliphatic imine (C=N–C) groups is 5. The van der Waals surface area contributed by atoms with Crippen molar-refractivity contribution in [3.8, 4) is 0 Å². The number of urea groups is 5. The Labute approximate surface area is 835 Å². The average Bonchev–Trinajstić information content (AvgIpc) is 1.66. The summed E-state index contributed by atoms with van der Waals surface area (Å²) < 4.78 is 91.4. The number of likely N-dealkylation sites (tertiary alicyclic amines) is 5. The van der Waals surface area contributed by atoms with Gasteiger partial charge in [0.1, 0.15) is 45.9 Å². The van der Waals surface area contributed by atoms with Crippen LogP contribution in [0.3, 0.4) is 0 Å². The molecular formula is C78H91Br5F5N35O18. The average molecular weight is 2300 g/mol. The van der Waals surface area contributed by atoms with E-state index in [4.69, 9.17) is 19.6 Å². The van der Waals surface area contributed by atoms with E-state index >= 15 is 0 Å². The maximum Gasteiger partial charge on any atom is 0.319 e. The van der Waals surface area contributed by atoms with Crippen molar-refractivity contribution >= 4 is 197 Å². The van der Waals surface area contributed by atoms with Crippen molar-refractivity contribution in [3.05, 3.63) is 171 Å². The lowest BCUT2D eigenvalue weighted by Gasteiger charge is -2.47. The Bertz CT molecular complexity index is 6190. The van der Waals surface area contributed by atoms with Gasteiger partial charge in [0.2, 0.25) is 29.1 Å². The molecule has 0 aliphatic carbocycles. The third-order valence-corrected chi connectivity index (χ3v) is 23.4. The number of anilines is 5. The molecule has 756 valence electrons. The molecule has 63 heteroatoms. The molecule has 22 N–H and O–H groups in total. The van der Waals surface area contributed by atoms with Crippen molar-refractivity contribution in [2.45, 2.75) is 36.7 Å². The summed E-state index contributed by atoms with van der Waals surface area (Å²) >= 11 is 15.3. The number of nitrogens with two attached hydrogens (primary N) is 1. The number of hydroxylamine groups is 5. The molecule has 0 unspecified atom stereocenters. The molecule has 10 amide bonds. The number of primary amides is 1. The lowest BCUT2D eigenvalue weighted by Crippen LogP contribution is -2.67. The predicted molar refractivity (Wildman–Crippen MR) is 506 cm³/mol. The van der Waals surface area contributed by atoms with Gasteiger partial charge in [0, 0.05) is 112 Å². The topological polar surface area (TPSA) is 697 Å². The van der Waals surface area contributed by atoms with Crippen LogP contribution in [0.25, 0.3) is 0 Å². The van der Waals surface area contributed by atoms with E-state index < -0.39 is 51.9 Å². The standard InChI is InChI=1S/C17H21BrFN7O3.C16H19BrFN7O4.C16H19BrFN7O3.C15H17BrFN7O4.C14H15BrFN7O4/c1-9(2)21-17(27)26-7-10(8-26)6-20-15-14(24-29-25-15)16(23-28)22-11-3-4-13(19)12(18)5-11;1-24(2)15(26)25-7-16(27,8-25)6-19-13-12(22-29-23-13)14(21-28)20-9-3-4-11(18)10(17)5-9;1-24(2)16(26)25-7-9(8-25)6-19-14-13(22-28-23-14)15(21-27)20-10-3-4-12(18)11(17)5-10;1-18-14(25)24-6-15(26,7-24)5-19-12-11(22-28-23-12)13(21-27)20-8-2-3-10(17)9(16)4-8;15-8-3-7(1-2-9(8)16)19-12(20-26)10-11(22-27-21-10)18-4-14(25)5-23(6-14)13(17)24/h3-5,9-10,28H,6-8H2,1-2H3,(H,20,25)(H,21,27)(H,22,23);3-5,27-28H,6-8H2,1-2H3,(H,19,23)(H,20,21);3-5,9,27H,6-8H2,1-2H3,(H,19,23)(H,20,21);2-4,26-27H,5-7H2,1H3,(H,18,25)(H,19,23)(H,20,21);1-3,25-26H,4-6H2,(H2,17,24)(H,18,22)(H,19,20). The van der Waals surface area contributed by atoms with E-state index in [1.807, 2.05) is 41.2 Å². The van der Waals surface area contributed by atoms with E-state index in [9.17, 15) is 87.3 Å². The highest BCUT2D eigenvalue weighted by atomic mass is 79.9. The Hall–Kier alpha value is -13.8. The molecule has 5 aliphatic heterocycles. The summed E-state index contributed by atoms with van der Waals surface area (Å²) in [7, 11) is 8.20. The van der Waals surface area contributed by atoms with Gasteiger partial charge in [-0.05, 0) is 236 Å². The number of amides is 10. The Morgan fingerprint density at radius 2 is 0.645 bits per heavy atom. The third kappa shape index (κ3) is 29.0. The van der Waals surface area contributed by atoms with Crippen LogP contribution in [0.2, 0.25) is 0 Å². The zero-order valence-electron chi connectivity index (χ0n) is 74.9. The van der Waals surface area contributed by atoms with Crippen molar-refractivity contribution in [1.29, 1.82) is 0 Å². The van der Waals surface area contributed by atoms with Gasteiger partial charge >= 0.3 is 30.2 Å². The van der Waals surface area contributed by atoms with Gasteiger partial charge in [-0.3, -0.25) is 53.4 Å². The first-order chi connectivity index (χ1) is 67.1. The molecule has 53 nitrogen and oxygen atoms in total. The molecule has 5 aliphatic rings. The van der Waals surface area contributed by atoms with Crippen molar-refractivity contribution in [2.75, 3.05) is 160 Å². The summed E-state index contributed by atoms with van der Waals surface area (Å²) in [5, 5.41) is 136. The number of hydrogen-bond donors (Lipinski definition) is 21. The van der Waals surface area contributed by atoms with Crippen LogP contribution in [0.5, 0.6) is 0 Å². The van der Waals surface area contributed by atoms with E-state index in [-0.39, 0.29) is 204 Å². The second-order valence-electron chi connectivity index (χ2n) is 32.1. The van der Waals surface area contributed by atoms with Crippen LogP contribution in [0.15, 0.2) is 161 Å². The van der Waals surface area contributed by atoms with Crippen LogP contribution >= 0.6 is 79.6 Å². The highest BCUT2D eigenvalue weighted by Gasteiger charge is 2.47. The summed E-state index contributed by atoms with van der Waals surface area (Å²) in [5.74, 6) is -1.15. The van der Waals surface area contributed by atoms with Gasteiger partial charge in [-0.1, -0.05) is 0 Å². The summed E-state index contributed by atoms with van der Waals surface area (Å²) in [6, 6.07) is 19.3. The molecular weight excluding hydrogens is 2210 g/mol. The molecule has 15 rings (SSSR count). The van der Waals surface area contributed by atoms with Gasteiger partial charge in [-0.25, -0.2) is 94.0 Å². The predicted octanol–water partition coefficient (Wildman–Crippen LogP) is 7.10. The largest absolute Gasteiger partial charge is 0.384 e. The van der Waals surface area contributed by atoms with Crippen molar-refractivity contribution in [1.82, 2.24) is 124 Å². The van der Waals surface area contributed by atoms with E-state index in [0.29, 0.717) is 73.5 Å². The number of benzene rings is 5. The van der Waals surface area contributed by atoms with Gasteiger partial charge < -0.3 is 92.6 Å². The van der Waals surface area contributed by atoms with Crippen LogP contribution in [-0.4, -0.2) is 343 Å². The SMILES string of the molecule is CC(C)NC(=O)N1CC(CNc2nonc2C(=Nc2ccc(F)c(Br)c2)NO)C1.CN(C)C(=O)N1CC(CNc2nonc2C(=Nc2ccc(F)c(Br)c2)NO)C1.CN(C)C(=O)N1CC(O)(CNc2nonc2C(=Nc2ccc(F)c(Br)c2)NO)C1.CNC(=O)N1CC(O)(CNc2nonc2C(=Nc2ccc(F)c(Br)c2)NO)C1.NC(=O)N1CC(O)(CNc2nonc2C(=Nc2ccc(F)c(Br)c2)NO)C1.